The molecule has 1 aromatic carbocycles. The van der Waals surface area contributed by atoms with E-state index in [1.807, 2.05) is 0 Å². The summed E-state index contributed by atoms with van der Waals surface area (Å²) in [4.78, 5) is 14.2. The van der Waals surface area contributed by atoms with Gasteiger partial charge in [0.2, 0.25) is 16.1 Å². The summed E-state index contributed by atoms with van der Waals surface area (Å²) in [7, 11) is -3.81. The van der Waals surface area contributed by atoms with Gasteiger partial charge in [-0.1, -0.05) is 6.42 Å². The fraction of sp³-hybridized carbons (Fsp3) is 0.500. The molecule has 1 heterocycles. The van der Waals surface area contributed by atoms with Crippen molar-refractivity contribution in [3.8, 4) is 0 Å². The van der Waals surface area contributed by atoms with Crippen LogP contribution in [0.15, 0.2) is 28.1 Å². The van der Waals surface area contributed by atoms with Crippen LogP contribution in [0.5, 0.6) is 0 Å². The molecule has 114 valence electrons. The maximum atomic E-state index is 13.2. The second-order valence-electron chi connectivity index (χ2n) is 5.08. The van der Waals surface area contributed by atoms with Crippen LogP contribution in [0.1, 0.15) is 31.2 Å². The van der Waals surface area contributed by atoms with Gasteiger partial charge in [0.1, 0.15) is 12.0 Å². The van der Waals surface area contributed by atoms with E-state index in [0.717, 1.165) is 18.9 Å². The number of rotatable bonds is 3. The number of isocyanates is 1. The third-order valence-corrected chi connectivity index (χ3v) is 5.66. The number of carbonyl (C=O) groups excluding carboxylic acids is 1. The number of benzene rings is 1. The summed E-state index contributed by atoms with van der Waals surface area (Å²) in [5.41, 5.74) is 0.341. The van der Waals surface area contributed by atoms with Crippen molar-refractivity contribution in [3.05, 3.63) is 29.6 Å². The van der Waals surface area contributed by atoms with Gasteiger partial charge in [0.25, 0.3) is 0 Å². The summed E-state index contributed by atoms with van der Waals surface area (Å²) in [5.74, 6) is -0.482. The lowest BCUT2D eigenvalue weighted by molar-refractivity contribution is 0.330. The molecule has 1 fully saturated rings. The minimum Gasteiger partial charge on any atom is -0.211 e. The van der Waals surface area contributed by atoms with Crippen molar-refractivity contribution in [1.29, 1.82) is 0 Å². The Morgan fingerprint density at radius 1 is 1.33 bits per heavy atom. The summed E-state index contributed by atoms with van der Waals surface area (Å²) < 4.78 is 39.9. The van der Waals surface area contributed by atoms with Crippen molar-refractivity contribution in [1.82, 2.24) is 4.31 Å². The Labute approximate surface area is 123 Å². The monoisotopic (exact) mass is 312 g/mol. The summed E-state index contributed by atoms with van der Waals surface area (Å²) in [6.07, 6.45) is 3.63. The maximum Gasteiger partial charge on any atom is 0.245 e. The number of nitrogens with zero attached hydrogens (tertiary/aromatic N) is 2. The molecule has 7 heteroatoms. The van der Waals surface area contributed by atoms with Gasteiger partial charge in [0.15, 0.2) is 0 Å². The van der Waals surface area contributed by atoms with Crippen LogP contribution in [0.25, 0.3) is 0 Å². The van der Waals surface area contributed by atoms with Crippen molar-refractivity contribution in [2.45, 2.75) is 43.7 Å². The van der Waals surface area contributed by atoms with Gasteiger partial charge in [-0.15, -0.1) is 0 Å². The quantitative estimate of drug-likeness (QED) is 0.635. The van der Waals surface area contributed by atoms with E-state index in [4.69, 9.17) is 0 Å². The van der Waals surface area contributed by atoms with E-state index in [1.54, 1.807) is 6.92 Å². The maximum absolute atomic E-state index is 13.2. The first-order valence-corrected chi connectivity index (χ1v) is 8.26. The smallest absolute Gasteiger partial charge is 0.211 e. The van der Waals surface area contributed by atoms with Crippen LogP contribution >= 0.6 is 0 Å². The molecule has 1 unspecified atom stereocenters. The van der Waals surface area contributed by atoms with Crippen LogP contribution in [0, 0.1) is 12.7 Å². The average Bonchev–Trinajstić information content (AvgIpc) is 2.64. The van der Waals surface area contributed by atoms with Crippen LogP contribution in [0.2, 0.25) is 0 Å². The summed E-state index contributed by atoms with van der Waals surface area (Å²) in [5, 5.41) is 0. The lowest BCUT2D eigenvalue weighted by Crippen LogP contribution is -2.39. The lowest BCUT2D eigenvalue weighted by atomic mass is 10.2. The SMILES string of the molecule is Cc1cc(F)ccc1S(=O)(=O)N1CCCCCC1N=C=O. The van der Waals surface area contributed by atoms with Crippen molar-refractivity contribution in [3.63, 3.8) is 0 Å². The first kappa shape index (κ1) is 15.8. The first-order valence-electron chi connectivity index (χ1n) is 6.82. The van der Waals surface area contributed by atoms with E-state index < -0.39 is 22.0 Å². The van der Waals surface area contributed by atoms with Crippen LogP contribution in [0.4, 0.5) is 4.39 Å². The molecule has 0 N–H and O–H groups in total. The molecule has 0 saturated carbocycles. The highest BCUT2D eigenvalue weighted by atomic mass is 32.2. The van der Waals surface area contributed by atoms with Gasteiger partial charge >= 0.3 is 0 Å². The van der Waals surface area contributed by atoms with Crippen LogP contribution in [0.3, 0.4) is 0 Å². The molecular weight excluding hydrogens is 295 g/mol. The normalized spacial score (nSPS) is 20.6. The standard InChI is InChI=1S/C14H17FN2O3S/c1-11-9-12(15)6-7-13(11)21(19,20)17-8-4-2-3-5-14(17)16-10-18/h6-7,9,14H,2-5,8H2,1H3. The molecule has 1 aliphatic rings. The van der Waals surface area contributed by atoms with E-state index in [1.165, 1.54) is 22.5 Å². The van der Waals surface area contributed by atoms with Crippen molar-refractivity contribution < 1.29 is 17.6 Å². The summed E-state index contributed by atoms with van der Waals surface area (Å²) in [6, 6.07) is 3.56. The molecule has 21 heavy (non-hydrogen) atoms. The van der Waals surface area contributed by atoms with Gasteiger partial charge < -0.3 is 0 Å². The topological polar surface area (TPSA) is 66.8 Å². The molecule has 5 nitrogen and oxygen atoms in total. The van der Waals surface area contributed by atoms with Crippen molar-refractivity contribution in [2.24, 2.45) is 4.99 Å². The molecule has 0 amide bonds. The molecule has 0 aliphatic carbocycles. The molecule has 0 spiro atoms. The number of aliphatic imine (C=N–C) groups is 1. The van der Waals surface area contributed by atoms with E-state index in [-0.39, 0.29) is 4.90 Å². The second kappa shape index (κ2) is 6.47. The second-order valence-corrected chi connectivity index (χ2v) is 6.93. The number of aryl methyl sites for hydroxylation is 1. The largest absolute Gasteiger partial charge is 0.245 e. The lowest BCUT2D eigenvalue weighted by Gasteiger charge is -2.25. The van der Waals surface area contributed by atoms with Gasteiger partial charge in [0, 0.05) is 6.54 Å². The van der Waals surface area contributed by atoms with E-state index in [2.05, 4.69) is 4.99 Å². The average molecular weight is 312 g/mol. The number of halogens is 1. The molecule has 1 aromatic rings. The van der Waals surface area contributed by atoms with Crippen LogP contribution in [-0.4, -0.2) is 31.5 Å². The van der Waals surface area contributed by atoms with Crippen molar-refractivity contribution >= 4 is 16.1 Å². The number of hydrogen-bond acceptors (Lipinski definition) is 4. The van der Waals surface area contributed by atoms with E-state index >= 15 is 0 Å². The number of sulfonamides is 1. The third-order valence-electron chi connectivity index (χ3n) is 3.60. The molecule has 0 bridgehead atoms. The third kappa shape index (κ3) is 3.37. The molecule has 1 aliphatic heterocycles. The zero-order chi connectivity index (χ0) is 15.5. The summed E-state index contributed by atoms with van der Waals surface area (Å²) in [6.45, 7) is 1.85. The predicted octanol–water partition coefficient (Wildman–Crippen LogP) is 2.36. The van der Waals surface area contributed by atoms with Gasteiger partial charge in [-0.2, -0.15) is 9.30 Å². The minimum atomic E-state index is -3.81. The highest BCUT2D eigenvalue weighted by molar-refractivity contribution is 7.89. The minimum absolute atomic E-state index is 0.0527. The fourth-order valence-electron chi connectivity index (χ4n) is 2.56. The highest BCUT2D eigenvalue weighted by Crippen LogP contribution is 2.27. The van der Waals surface area contributed by atoms with E-state index in [9.17, 15) is 17.6 Å². The van der Waals surface area contributed by atoms with Gasteiger partial charge in [-0.25, -0.2) is 17.6 Å². The predicted molar refractivity (Wildman–Crippen MR) is 75.4 cm³/mol. The Balaban J connectivity index is 2.46. The van der Waals surface area contributed by atoms with Crippen molar-refractivity contribution in [2.75, 3.05) is 6.54 Å². The molecule has 2 rings (SSSR count). The Morgan fingerprint density at radius 3 is 2.76 bits per heavy atom. The van der Waals surface area contributed by atoms with Gasteiger partial charge in [0.05, 0.1) is 4.90 Å². The van der Waals surface area contributed by atoms with Gasteiger partial charge in [-0.3, -0.25) is 0 Å². The van der Waals surface area contributed by atoms with E-state index in [0.29, 0.717) is 24.9 Å². The number of hydrogen-bond donors (Lipinski definition) is 0. The molecule has 1 atom stereocenters. The zero-order valence-corrected chi connectivity index (χ0v) is 12.6. The molecule has 0 aromatic heterocycles. The Bertz CT molecular complexity index is 669. The zero-order valence-electron chi connectivity index (χ0n) is 11.8. The summed E-state index contributed by atoms with van der Waals surface area (Å²) >= 11 is 0. The fourth-order valence-corrected chi connectivity index (χ4v) is 4.36. The Hall–Kier alpha value is -1.56. The Morgan fingerprint density at radius 2 is 2.10 bits per heavy atom. The highest BCUT2D eigenvalue weighted by Gasteiger charge is 2.33. The molecule has 0 radical (unpaired) electrons. The molecular formula is C14H17FN2O3S. The Kier molecular flexibility index (Phi) is 4.88. The molecule has 1 saturated heterocycles. The van der Waals surface area contributed by atoms with Crippen LogP contribution in [-0.2, 0) is 14.8 Å². The first-order chi connectivity index (χ1) is 9.96. The van der Waals surface area contributed by atoms with Gasteiger partial charge in [-0.05, 0) is 49.9 Å². The van der Waals surface area contributed by atoms with Crippen LogP contribution < -0.4 is 0 Å².